The Bertz CT molecular complexity index is 949. The van der Waals surface area contributed by atoms with E-state index in [4.69, 9.17) is 11.6 Å². The maximum atomic E-state index is 5.91. The van der Waals surface area contributed by atoms with Gasteiger partial charge < -0.3 is 5.32 Å². The molecule has 0 radical (unpaired) electrons. The summed E-state index contributed by atoms with van der Waals surface area (Å²) < 4.78 is 1.03. The highest BCUT2D eigenvalue weighted by molar-refractivity contribution is 7.25. The van der Waals surface area contributed by atoms with Gasteiger partial charge >= 0.3 is 0 Å². The molecule has 22 heavy (non-hydrogen) atoms. The van der Waals surface area contributed by atoms with Gasteiger partial charge in [0, 0.05) is 23.2 Å². The van der Waals surface area contributed by atoms with Gasteiger partial charge in [-0.1, -0.05) is 23.7 Å². The van der Waals surface area contributed by atoms with Crippen molar-refractivity contribution in [1.29, 1.82) is 0 Å². The van der Waals surface area contributed by atoms with Crippen molar-refractivity contribution in [3.63, 3.8) is 0 Å². The molecule has 0 saturated heterocycles. The van der Waals surface area contributed by atoms with Crippen LogP contribution in [0.15, 0.2) is 48.9 Å². The number of fused-ring (bicyclic) bond motifs is 3. The van der Waals surface area contributed by atoms with E-state index in [0.29, 0.717) is 6.54 Å². The zero-order valence-corrected chi connectivity index (χ0v) is 13.0. The molecule has 0 amide bonds. The summed E-state index contributed by atoms with van der Waals surface area (Å²) in [5.41, 5.74) is 2.09. The van der Waals surface area contributed by atoms with Crippen LogP contribution in [0.1, 0.15) is 5.56 Å². The molecule has 0 aliphatic carbocycles. The number of rotatable bonds is 3. The molecular weight excluding hydrogens is 316 g/mol. The van der Waals surface area contributed by atoms with Crippen LogP contribution in [-0.4, -0.2) is 15.0 Å². The Labute approximate surface area is 135 Å². The van der Waals surface area contributed by atoms with Crippen LogP contribution in [0.5, 0.6) is 0 Å². The van der Waals surface area contributed by atoms with Gasteiger partial charge in [-0.05, 0) is 29.8 Å². The van der Waals surface area contributed by atoms with Gasteiger partial charge in [0.05, 0.1) is 10.2 Å². The third-order valence-corrected chi connectivity index (χ3v) is 4.76. The Morgan fingerprint density at radius 1 is 1.05 bits per heavy atom. The zero-order chi connectivity index (χ0) is 14.9. The molecule has 0 aliphatic rings. The van der Waals surface area contributed by atoms with E-state index >= 15 is 0 Å². The van der Waals surface area contributed by atoms with Gasteiger partial charge in [0.1, 0.15) is 17.0 Å². The Morgan fingerprint density at radius 3 is 2.77 bits per heavy atom. The second kappa shape index (κ2) is 5.51. The Kier molecular flexibility index (Phi) is 3.36. The van der Waals surface area contributed by atoms with Gasteiger partial charge in [0.2, 0.25) is 0 Å². The predicted molar refractivity (Wildman–Crippen MR) is 91.5 cm³/mol. The number of pyridine rings is 1. The summed E-state index contributed by atoms with van der Waals surface area (Å²) in [5.74, 6) is 0.836. The lowest BCUT2D eigenvalue weighted by atomic mass is 10.2. The van der Waals surface area contributed by atoms with E-state index in [1.807, 2.05) is 36.4 Å². The van der Waals surface area contributed by atoms with Gasteiger partial charge in [0.15, 0.2) is 0 Å². The van der Waals surface area contributed by atoms with Crippen LogP contribution < -0.4 is 5.32 Å². The van der Waals surface area contributed by atoms with E-state index in [-0.39, 0.29) is 0 Å². The van der Waals surface area contributed by atoms with E-state index in [0.717, 1.165) is 36.8 Å². The summed E-state index contributed by atoms with van der Waals surface area (Å²) in [6, 6.07) is 11.7. The fourth-order valence-electron chi connectivity index (χ4n) is 2.33. The molecule has 0 fully saturated rings. The maximum absolute atomic E-state index is 5.91. The molecule has 3 heterocycles. The standard InChI is InChI=1S/C16H11ClN4S/c17-11-5-3-10(4-6-11)8-19-15-14-13(20-9-21-15)12-2-1-7-18-16(12)22-14/h1-7,9H,8H2,(H,19,20,21). The SMILES string of the molecule is Clc1ccc(CNc2ncnc3c2sc2ncccc23)cc1. The van der Waals surface area contributed by atoms with Gasteiger partial charge in [-0.15, -0.1) is 11.3 Å². The molecule has 4 aromatic rings. The number of anilines is 1. The first-order valence-corrected chi connectivity index (χ1v) is 7.97. The fraction of sp³-hybridized carbons (Fsp3) is 0.0625. The third kappa shape index (κ3) is 2.38. The van der Waals surface area contributed by atoms with Crippen LogP contribution in [0.4, 0.5) is 5.82 Å². The summed E-state index contributed by atoms with van der Waals surface area (Å²) >= 11 is 7.51. The van der Waals surface area contributed by atoms with Crippen LogP contribution in [0.2, 0.25) is 5.02 Å². The number of thiophene rings is 1. The van der Waals surface area contributed by atoms with Crippen molar-refractivity contribution in [2.24, 2.45) is 0 Å². The molecule has 4 nitrogen and oxygen atoms in total. The molecule has 0 unspecified atom stereocenters. The van der Waals surface area contributed by atoms with Crippen molar-refractivity contribution in [1.82, 2.24) is 15.0 Å². The molecular formula is C16H11ClN4S. The molecule has 6 heteroatoms. The van der Waals surface area contributed by atoms with E-state index in [9.17, 15) is 0 Å². The normalized spacial score (nSPS) is 11.1. The molecule has 3 aromatic heterocycles. The van der Waals surface area contributed by atoms with Crippen molar-refractivity contribution >= 4 is 49.2 Å². The Morgan fingerprint density at radius 2 is 1.91 bits per heavy atom. The summed E-state index contributed by atoms with van der Waals surface area (Å²) in [5, 5.41) is 5.18. The number of aromatic nitrogens is 3. The maximum Gasteiger partial charge on any atom is 0.147 e. The highest BCUT2D eigenvalue weighted by Crippen LogP contribution is 2.34. The second-order valence-electron chi connectivity index (χ2n) is 4.84. The van der Waals surface area contributed by atoms with Crippen LogP contribution in [0.3, 0.4) is 0 Å². The number of benzene rings is 1. The second-order valence-corrected chi connectivity index (χ2v) is 6.27. The van der Waals surface area contributed by atoms with E-state index in [1.165, 1.54) is 0 Å². The topological polar surface area (TPSA) is 50.7 Å². The molecule has 0 spiro atoms. The summed E-state index contributed by atoms with van der Waals surface area (Å²) in [4.78, 5) is 14.1. The summed E-state index contributed by atoms with van der Waals surface area (Å²) in [7, 11) is 0. The van der Waals surface area contributed by atoms with Crippen molar-refractivity contribution in [2.45, 2.75) is 6.54 Å². The van der Waals surface area contributed by atoms with Crippen molar-refractivity contribution in [2.75, 3.05) is 5.32 Å². The highest BCUT2D eigenvalue weighted by atomic mass is 35.5. The molecule has 0 saturated carbocycles. The lowest BCUT2D eigenvalue weighted by Gasteiger charge is -2.06. The van der Waals surface area contributed by atoms with Gasteiger partial charge in [-0.3, -0.25) is 0 Å². The smallest absolute Gasteiger partial charge is 0.147 e. The molecule has 108 valence electrons. The highest BCUT2D eigenvalue weighted by Gasteiger charge is 2.11. The lowest BCUT2D eigenvalue weighted by Crippen LogP contribution is -2.01. The largest absolute Gasteiger partial charge is 0.365 e. The first kappa shape index (κ1) is 13.4. The van der Waals surface area contributed by atoms with Crippen molar-refractivity contribution < 1.29 is 0 Å². The molecule has 1 aromatic carbocycles. The average molecular weight is 327 g/mol. The van der Waals surface area contributed by atoms with E-state index in [1.54, 1.807) is 23.9 Å². The number of hydrogen-bond donors (Lipinski definition) is 1. The summed E-state index contributed by atoms with van der Waals surface area (Å²) in [6.07, 6.45) is 3.39. The number of hydrogen-bond acceptors (Lipinski definition) is 5. The minimum absolute atomic E-state index is 0.685. The van der Waals surface area contributed by atoms with E-state index < -0.39 is 0 Å². The van der Waals surface area contributed by atoms with Crippen molar-refractivity contribution in [3.8, 4) is 0 Å². The minimum Gasteiger partial charge on any atom is -0.365 e. The monoisotopic (exact) mass is 326 g/mol. The van der Waals surface area contributed by atoms with Gasteiger partial charge in [-0.2, -0.15) is 0 Å². The summed E-state index contributed by atoms with van der Waals surface area (Å²) in [6.45, 7) is 0.685. The van der Waals surface area contributed by atoms with Gasteiger partial charge in [-0.25, -0.2) is 15.0 Å². The van der Waals surface area contributed by atoms with Crippen LogP contribution >= 0.6 is 22.9 Å². The molecule has 0 bridgehead atoms. The first-order chi connectivity index (χ1) is 10.8. The zero-order valence-electron chi connectivity index (χ0n) is 11.5. The average Bonchev–Trinajstić information content (AvgIpc) is 2.94. The Hall–Kier alpha value is -2.24. The van der Waals surface area contributed by atoms with Gasteiger partial charge in [0.25, 0.3) is 0 Å². The molecule has 4 rings (SSSR count). The number of halogens is 1. The molecule has 0 aliphatic heterocycles. The molecule has 0 atom stereocenters. The number of nitrogens with zero attached hydrogens (tertiary/aromatic N) is 3. The van der Waals surface area contributed by atoms with Crippen LogP contribution in [0.25, 0.3) is 20.4 Å². The quantitative estimate of drug-likeness (QED) is 0.602. The van der Waals surface area contributed by atoms with E-state index in [2.05, 4.69) is 20.3 Å². The predicted octanol–water partition coefficient (Wildman–Crippen LogP) is 4.51. The fourth-order valence-corrected chi connectivity index (χ4v) is 3.51. The minimum atomic E-state index is 0.685. The van der Waals surface area contributed by atoms with Crippen molar-refractivity contribution in [3.05, 3.63) is 59.5 Å². The number of nitrogens with one attached hydrogen (secondary N) is 1. The molecule has 1 N–H and O–H groups in total. The van der Waals surface area contributed by atoms with Crippen LogP contribution in [0, 0.1) is 0 Å². The first-order valence-electron chi connectivity index (χ1n) is 6.78. The third-order valence-electron chi connectivity index (χ3n) is 3.40. The lowest BCUT2D eigenvalue weighted by molar-refractivity contribution is 1.11. The van der Waals surface area contributed by atoms with Crippen LogP contribution in [-0.2, 0) is 6.54 Å². The Balaban J connectivity index is 1.70.